The SMILES string of the molecule is CCOC(CCN(C)C)CN=C(N)Nc1cccc(C(C)C)c1.I. The number of nitrogens with two attached hydrogens (primary N) is 1. The summed E-state index contributed by atoms with van der Waals surface area (Å²) in [6.07, 6.45) is 1.05. The molecular weight excluding hydrogens is 415 g/mol. The van der Waals surface area contributed by atoms with Gasteiger partial charge in [0.2, 0.25) is 0 Å². The molecule has 0 saturated carbocycles. The average molecular weight is 448 g/mol. The minimum Gasteiger partial charge on any atom is -0.377 e. The summed E-state index contributed by atoms with van der Waals surface area (Å²) in [5.41, 5.74) is 8.25. The smallest absolute Gasteiger partial charge is 0.193 e. The van der Waals surface area contributed by atoms with Crippen molar-refractivity contribution in [2.24, 2.45) is 10.7 Å². The molecule has 1 unspecified atom stereocenters. The Morgan fingerprint density at radius 2 is 2.04 bits per heavy atom. The molecule has 0 aliphatic heterocycles. The number of hydrogen-bond acceptors (Lipinski definition) is 3. The number of ether oxygens (including phenoxy) is 1. The van der Waals surface area contributed by atoms with Crippen molar-refractivity contribution in [1.29, 1.82) is 0 Å². The molecule has 1 atom stereocenters. The Morgan fingerprint density at radius 3 is 2.62 bits per heavy atom. The molecule has 0 spiro atoms. The minimum atomic E-state index is 0. The Labute approximate surface area is 164 Å². The summed E-state index contributed by atoms with van der Waals surface area (Å²) < 4.78 is 5.73. The third-order valence-corrected chi connectivity index (χ3v) is 3.59. The van der Waals surface area contributed by atoms with E-state index in [9.17, 15) is 0 Å². The fourth-order valence-corrected chi connectivity index (χ4v) is 2.23. The largest absolute Gasteiger partial charge is 0.377 e. The maximum atomic E-state index is 6.01. The zero-order chi connectivity index (χ0) is 17.2. The third-order valence-electron chi connectivity index (χ3n) is 3.59. The first kappa shape index (κ1) is 23.1. The molecule has 1 rings (SSSR count). The number of nitrogens with zero attached hydrogens (tertiary/aromatic N) is 2. The molecule has 0 saturated heterocycles. The average Bonchev–Trinajstić information content (AvgIpc) is 2.50. The van der Waals surface area contributed by atoms with E-state index >= 15 is 0 Å². The first-order valence-corrected chi connectivity index (χ1v) is 8.35. The molecule has 0 aliphatic carbocycles. The maximum absolute atomic E-state index is 6.01. The van der Waals surface area contributed by atoms with Crippen LogP contribution in [0.5, 0.6) is 0 Å². The van der Waals surface area contributed by atoms with Crippen LogP contribution in [0.1, 0.15) is 38.7 Å². The van der Waals surface area contributed by atoms with Crippen molar-refractivity contribution >= 4 is 35.6 Å². The van der Waals surface area contributed by atoms with Crippen LogP contribution in [0.2, 0.25) is 0 Å². The molecule has 1 aromatic carbocycles. The summed E-state index contributed by atoms with van der Waals surface area (Å²) in [7, 11) is 4.12. The van der Waals surface area contributed by atoms with E-state index in [-0.39, 0.29) is 30.1 Å². The van der Waals surface area contributed by atoms with E-state index in [4.69, 9.17) is 10.5 Å². The van der Waals surface area contributed by atoms with Gasteiger partial charge in [0.05, 0.1) is 12.6 Å². The van der Waals surface area contributed by atoms with E-state index in [0.29, 0.717) is 25.0 Å². The molecule has 5 nitrogen and oxygen atoms in total. The number of hydrogen-bond donors (Lipinski definition) is 2. The van der Waals surface area contributed by atoms with E-state index in [1.54, 1.807) is 0 Å². The second-order valence-electron chi connectivity index (χ2n) is 6.30. The highest BCUT2D eigenvalue weighted by Crippen LogP contribution is 2.18. The molecule has 24 heavy (non-hydrogen) atoms. The normalized spacial score (nSPS) is 13.0. The Bertz CT molecular complexity index is 492. The topological polar surface area (TPSA) is 62.9 Å². The Balaban J connectivity index is 0.00000529. The van der Waals surface area contributed by atoms with Gasteiger partial charge in [-0.15, -0.1) is 24.0 Å². The van der Waals surface area contributed by atoms with Crippen LogP contribution in [-0.4, -0.2) is 50.8 Å². The molecule has 0 aromatic heterocycles. The van der Waals surface area contributed by atoms with Gasteiger partial charge in [0.25, 0.3) is 0 Å². The van der Waals surface area contributed by atoms with Gasteiger partial charge in [-0.1, -0.05) is 26.0 Å². The lowest BCUT2D eigenvalue weighted by molar-refractivity contribution is 0.0583. The number of anilines is 1. The molecule has 0 amide bonds. The van der Waals surface area contributed by atoms with Crippen molar-refractivity contribution in [3.63, 3.8) is 0 Å². The van der Waals surface area contributed by atoms with Crippen LogP contribution >= 0.6 is 24.0 Å². The molecule has 6 heteroatoms. The number of nitrogens with one attached hydrogen (secondary N) is 1. The Hall–Kier alpha value is -0.860. The summed E-state index contributed by atoms with van der Waals surface area (Å²) in [5.74, 6) is 0.920. The first-order chi connectivity index (χ1) is 10.9. The summed E-state index contributed by atoms with van der Waals surface area (Å²) in [6, 6.07) is 8.26. The van der Waals surface area contributed by atoms with Gasteiger partial charge in [-0.25, -0.2) is 0 Å². The summed E-state index contributed by atoms with van der Waals surface area (Å²) in [4.78, 5) is 6.58. The summed E-state index contributed by atoms with van der Waals surface area (Å²) in [6.45, 7) is 8.60. The molecule has 1 aromatic rings. The van der Waals surface area contributed by atoms with Crippen LogP contribution in [0.25, 0.3) is 0 Å². The lowest BCUT2D eigenvalue weighted by Gasteiger charge is -2.18. The molecule has 138 valence electrons. The van der Waals surface area contributed by atoms with Gasteiger partial charge in [0, 0.05) is 18.8 Å². The molecule has 0 heterocycles. The molecule has 0 bridgehead atoms. The highest BCUT2D eigenvalue weighted by molar-refractivity contribution is 14.0. The molecule has 0 fully saturated rings. The van der Waals surface area contributed by atoms with Crippen molar-refractivity contribution in [1.82, 2.24) is 4.90 Å². The Kier molecular flexibility index (Phi) is 12.0. The Morgan fingerprint density at radius 1 is 1.33 bits per heavy atom. The summed E-state index contributed by atoms with van der Waals surface area (Å²) in [5, 5.41) is 3.16. The highest BCUT2D eigenvalue weighted by atomic mass is 127. The monoisotopic (exact) mass is 448 g/mol. The fourth-order valence-electron chi connectivity index (χ4n) is 2.23. The number of halogens is 1. The van der Waals surface area contributed by atoms with Crippen molar-refractivity contribution in [2.45, 2.75) is 39.2 Å². The zero-order valence-electron chi connectivity index (χ0n) is 15.6. The van der Waals surface area contributed by atoms with Crippen molar-refractivity contribution in [3.8, 4) is 0 Å². The van der Waals surface area contributed by atoms with Crippen molar-refractivity contribution < 1.29 is 4.74 Å². The molecule has 0 aliphatic rings. The number of guanidine groups is 1. The van der Waals surface area contributed by atoms with Gasteiger partial charge in [-0.2, -0.15) is 0 Å². The lowest BCUT2D eigenvalue weighted by atomic mass is 10.0. The van der Waals surface area contributed by atoms with Crippen LogP contribution in [0.4, 0.5) is 5.69 Å². The maximum Gasteiger partial charge on any atom is 0.193 e. The quantitative estimate of drug-likeness (QED) is 0.345. The standard InChI is InChI=1S/C18H32N4O.HI/c1-6-23-17(10-11-22(4)5)13-20-18(19)21-16-9-7-8-15(12-16)14(2)3;/h7-9,12,14,17H,6,10-11,13H2,1-5H3,(H3,19,20,21);1H. The van der Waals surface area contributed by atoms with Crippen LogP contribution in [-0.2, 0) is 4.74 Å². The van der Waals surface area contributed by atoms with E-state index in [2.05, 4.69) is 55.3 Å². The van der Waals surface area contributed by atoms with Crippen molar-refractivity contribution in [2.75, 3.05) is 39.1 Å². The van der Waals surface area contributed by atoms with Gasteiger partial charge >= 0.3 is 0 Å². The second-order valence-corrected chi connectivity index (χ2v) is 6.30. The van der Waals surface area contributed by atoms with E-state index in [1.165, 1.54) is 5.56 Å². The number of rotatable bonds is 9. The third kappa shape index (κ3) is 9.44. The first-order valence-electron chi connectivity index (χ1n) is 8.35. The van der Waals surface area contributed by atoms with E-state index < -0.39 is 0 Å². The van der Waals surface area contributed by atoms with Crippen LogP contribution in [0, 0.1) is 0 Å². The van der Waals surface area contributed by atoms with Gasteiger partial charge in [-0.3, -0.25) is 4.99 Å². The van der Waals surface area contributed by atoms with Crippen LogP contribution in [0.15, 0.2) is 29.3 Å². The summed E-state index contributed by atoms with van der Waals surface area (Å²) >= 11 is 0. The molecule has 3 N–H and O–H groups in total. The minimum absolute atomic E-state index is 0. The zero-order valence-corrected chi connectivity index (χ0v) is 17.9. The lowest BCUT2D eigenvalue weighted by Crippen LogP contribution is -2.28. The molecule has 0 radical (unpaired) electrons. The van der Waals surface area contributed by atoms with E-state index in [0.717, 1.165) is 18.7 Å². The predicted molar refractivity (Wildman–Crippen MR) is 115 cm³/mol. The second kappa shape index (κ2) is 12.5. The predicted octanol–water partition coefficient (Wildman–Crippen LogP) is 3.51. The number of benzene rings is 1. The molecular formula is C18H33IN4O. The van der Waals surface area contributed by atoms with Gasteiger partial charge in [-0.05, 0) is 51.1 Å². The van der Waals surface area contributed by atoms with Gasteiger partial charge in [0.1, 0.15) is 0 Å². The highest BCUT2D eigenvalue weighted by Gasteiger charge is 2.09. The van der Waals surface area contributed by atoms with Crippen molar-refractivity contribution in [3.05, 3.63) is 29.8 Å². The van der Waals surface area contributed by atoms with Gasteiger partial charge < -0.3 is 20.7 Å². The van der Waals surface area contributed by atoms with E-state index in [1.807, 2.05) is 19.1 Å². The van der Waals surface area contributed by atoms with Crippen LogP contribution in [0.3, 0.4) is 0 Å². The van der Waals surface area contributed by atoms with Gasteiger partial charge in [0.15, 0.2) is 5.96 Å². The fraction of sp³-hybridized carbons (Fsp3) is 0.611. The van der Waals surface area contributed by atoms with Crippen LogP contribution < -0.4 is 11.1 Å². The number of aliphatic imine (C=N–C) groups is 1.